The fraction of sp³-hybridized carbons (Fsp3) is 1.00. The van der Waals surface area contributed by atoms with Gasteiger partial charge in [-0.2, -0.15) is 0 Å². The summed E-state index contributed by atoms with van der Waals surface area (Å²) in [6.45, 7) is 12.7. The zero-order valence-electron chi connectivity index (χ0n) is 13.3. The minimum atomic E-state index is 0.319. The van der Waals surface area contributed by atoms with Crippen LogP contribution in [0.3, 0.4) is 0 Å². The van der Waals surface area contributed by atoms with Crippen molar-refractivity contribution in [2.24, 2.45) is 11.8 Å². The van der Waals surface area contributed by atoms with Crippen LogP contribution in [0.15, 0.2) is 0 Å². The molecule has 114 valence electrons. The van der Waals surface area contributed by atoms with Gasteiger partial charge >= 0.3 is 0 Å². The Morgan fingerprint density at radius 1 is 1.21 bits per heavy atom. The van der Waals surface area contributed by atoms with Crippen molar-refractivity contribution < 1.29 is 9.47 Å². The first kappa shape index (κ1) is 16.9. The standard InChI is InChI=1S/C16H33NO2/c1-5-6-14(4)11-18-12-16-8-7-15(19-16)10-17-9-13(2)3/h13-17H,5-12H2,1-4H3. The molecule has 0 aromatic rings. The van der Waals surface area contributed by atoms with Gasteiger partial charge in [-0.15, -0.1) is 0 Å². The summed E-state index contributed by atoms with van der Waals surface area (Å²) in [5.74, 6) is 1.38. The lowest BCUT2D eigenvalue weighted by atomic mass is 10.1. The third-order valence-corrected chi connectivity index (χ3v) is 3.61. The Hall–Kier alpha value is -0.120. The summed E-state index contributed by atoms with van der Waals surface area (Å²) < 4.78 is 11.8. The second kappa shape index (κ2) is 9.73. The van der Waals surface area contributed by atoms with E-state index in [1.54, 1.807) is 0 Å². The second-order valence-electron chi connectivity index (χ2n) is 6.44. The van der Waals surface area contributed by atoms with Crippen molar-refractivity contribution >= 4 is 0 Å². The predicted octanol–water partition coefficient (Wildman–Crippen LogP) is 3.23. The van der Waals surface area contributed by atoms with Crippen LogP contribution in [-0.2, 0) is 9.47 Å². The maximum atomic E-state index is 6.00. The van der Waals surface area contributed by atoms with Crippen LogP contribution in [0.1, 0.15) is 53.4 Å². The van der Waals surface area contributed by atoms with E-state index in [1.807, 2.05) is 0 Å². The molecule has 3 unspecified atom stereocenters. The SMILES string of the molecule is CCCC(C)COCC1CCC(CNCC(C)C)O1. The van der Waals surface area contributed by atoms with E-state index in [4.69, 9.17) is 9.47 Å². The third-order valence-electron chi connectivity index (χ3n) is 3.61. The van der Waals surface area contributed by atoms with Gasteiger partial charge in [-0.3, -0.25) is 0 Å². The van der Waals surface area contributed by atoms with Crippen LogP contribution >= 0.6 is 0 Å². The minimum absolute atomic E-state index is 0.319. The van der Waals surface area contributed by atoms with Gasteiger partial charge in [0, 0.05) is 13.2 Å². The summed E-state index contributed by atoms with van der Waals surface area (Å²) in [5.41, 5.74) is 0. The highest BCUT2D eigenvalue weighted by Crippen LogP contribution is 2.19. The summed E-state index contributed by atoms with van der Waals surface area (Å²) in [6.07, 6.45) is 5.53. The van der Waals surface area contributed by atoms with Crippen molar-refractivity contribution in [2.45, 2.75) is 65.6 Å². The Morgan fingerprint density at radius 2 is 1.95 bits per heavy atom. The lowest BCUT2D eigenvalue weighted by Gasteiger charge is -2.16. The van der Waals surface area contributed by atoms with Crippen LogP contribution < -0.4 is 5.32 Å². The molecule has 3 atom stereocenters. The van der Waals surface area contributed by atoms with E-state index in [2.05, 4.69) is 33.0 Å². The molecule has 1 rings (SSSR count). The monoisotopic (exact) mass is 271 g/mol. The Bertz CT molecular complexity index is 221. The normalized spacial score (nSPS) is 25.1. The summed E-state index contributed by atoms with van der Waals surface area (Å²) in [7, 11) is 0. The molecular formula is C16H33NO2. The van der Waals surface area contributed by atoms with Crippen LogP contribution in [0.4, 0.5) is 0 Å². The predicted molar refractivity (Wildman–Crippen MR) is 80.5 cm³/mol. The Kier molecular flexibility index (Phi) is 8.67. The first-order chi connectivity index (χ1) is 9.11. The van der Waals surface area contributed by atoms with Gasteiger partial charge in [-0.1, -0.05) is 34.1 Å². The van der Waals surface area contributed by atoms with Crippen molar-refractivity contribution in [3.8, 4) is 0 Å². The van der Waals surface area contributed by atoms with Crippen LogP contribution in [0.25, 0.3) is 0 Å². The Balaban J connectivity index is 2.02. The third kappa shape index (κ3) is 7.91. The molecule has 1 saturated heterocycles. The van der Waals surface area contributed by atoms with Crippen LogP contribution in [0.2, 0.25) is 0 Å². The molecule has 1 fully saturated rings. The van der Waals surface area contributed by atoms with Gasteiger partial charge in [0.2, 0.25) is 0 Å². The molecule has 3 heteroatoms. The summed E-state index contributed by atoms with van der Waals surface area (Å²) >= 11 is 0. The number of rotatable bonds is 10. The van der Waals surface area contributed by atoms with Crippen molar-refractivity contribution in [1.82, 2.24) is 5.32 Å². The smallest absolute Gasteiger partial charge is 0.0813 e. The molecule has 0 aromatic heterocycles. The fourth-order valence-electron chi connectivity index (χ4n) is 2.56. The van der Waals surface area contributed by atoms with Gasteiger partial charge in [0.25, 0.3) is 0 Å². The first-order valence-electron chi connectivity index (χ1n) is 8.05. The molecule has 0 aliphatic carbocycles. The van der Waals surface area contributed by atoms with Crippen LogP contribution in [-0.4, -0.2) is 38.5 Å². The van der Waals surface area contributed by atoms with Gasteiger partial charge < -0.3 is 14.8 Å². The first-order valence-corrected chi connectivity index (χ1v) is 8.05. The molecule has 1 aliphatic heterocycles. The molecule has 0 saturated carbocycles. The molecule has 19 heavy (non-hydrogen) atoms. The largest absolute Gasteiger partial charge is 0.378 e. The molecule has 1 heterocycles. The van der Waals surface area contributed by atoms with Crippen molar-refractivity contribution in [3.63, 3.8) is 0 Å². The fourth-order valence-corrected chi connectivity index (χ4v) is 2.56. The molecule has 3 nitrogen and oxygen atoms in total. The van der Waals surface area contributed by atoms with Gasteiger partial charge in [-0.25, -0.2) is 0 Å². The molecule has 0 radical (unpaired) electrons. The number of ether oxygens (including phenoxy) is 2. The van der Waals surface area contributed by atoms with E-state index in [1.165, 1.54) is 19.3 Å². The zero-order valence-corrected chi connectivity index (χ0v) is 13.3. The van der Waals surface area contributed by atoms with Gasteiger partial charge in [0.1, 0.15) is 0 Å². The van der Waals surface area contributed by atoms with E-state index in [9.17, 15) is 0 Å². The number of hydrogen-bond acceptors (Lipinski definition) is 3. The zero-order chi connectivity index (χ0) is 14.1. The number of nitrogens with one attached hydrogen (secondary N) is 1. The van der Waals surface area contributed by atoms with E-state index in [0.29, 0.717) is 24.0 Å². The summed E-state index contributed by atoms with van der Waals surface area (Å²) in [4.78, 5) is 0. The van der Waals surface area contributed by atoms with Crippen molar-refractivity contribution in [3.05, 3.63) is 0 Å². The van der Waals surface area contributed by atoms with E-state index >= 15 is 0 Å². The van der Waals surface area contributed by atoms with Crippen molar-refractivity contribution in [2.75, 3.05) is 26.3 Å². The topological polar surface area (TPSA) is 30.5 Å². The molecule has 0 bridgehead atoms. The highest BCUT2D eigenvalue weighted by Gasteiger charge is 2.25. The molecule has 1 aliphatic rings. The van der Waals surface area contributed by atoms with Crippen molar-refractivity contribution in [1.29, 1.82) is 0 Å². The van der Waals surface area contributed by atoms with Gasteiger partial charge in [0.15, 0.2) is 0 Å². The molecule has 0 amide bonds. The molecule has 0 aromatic carbocycles. The quantitative estimate of drug-likeness (QED) is 0.662. The molecule has 0 spiro atoms. The maximum Gasteiger partial charge on any atom is 0.0813 e. The van der Waals surface area contributed by atoms with Crippen LogP contribution in [0.5, 0.6) is 0 Å². The maximum absolute atomic E-state index is 6.00. The summed E-state index contributed by atoms with van der Waals surface area (Å²) in [5, 5.41) is 3.47. The Labute approximate surface area is 119 Å². The van der Waals surface area contributed by atoms with Crippen LogP contribution in [0, 0.1) is 11.8 Å². The van der Waals surface area contributed by atoms with E-state index in [-0.39, 0.29) is 0 Å². The summed E-state index contributed by atoms with van der Waals surface area (Å²) in [6, 6.07) is 0. The molecule has 1 N–H and O–H groups in total. The second-order valence-corrected chi connectivity index (χ2v) is 6.44. The van der Waals surface area contributed by atoms with E-state index < -0.39 is 0 Å². The minimum Gasteiger partial charge on any atom is -0.378 e. The lowest BCUT2D eigenvalue weighted by Crippen LogP contribution is -2.30. The highest BCUT2D eigenvalue weighted by molar-refractivity contribution is 4.75. The molecular weight excluding hydrogens is 238 g/mol. The van der Waals surface area contributed by atoms with Gasteiger partial charge in [-0.05, 0) is 37.6 Å². The average Bonchev–Trinajstić information content (AvgIpc) is 2.77. The van der Waals surface area contributed by atoms with E-state index in [0.717, 1.165) is 32.7 Å². The average molecular weight is 271 g/mol. The Morgan fingerprint density at radius 3 is 2.63 bits per heavy atom. The number of hydrogen-bond donors (Lipinski definition) is 1. The van der Waals surface area contributed by atoms with Gasteiger partial charge in [0.05, 0.1) is 18.8 Å². The highest BCUT2D eigenvalue weighted by atomic mass is 16.5. The lowest BCUT2D eigenvalue weighted by molar-refractivity contribution is -0.0214.